The number of carbonyl (C=O) groups excluding carboxylic acids is 3. The number of hydrogen-bond donors (Lipinski definition) is 0. The molecule has 0 N–H and O–H groups in total. The quantitative estimate of drug-likeness (QED) is 0.0261. The molecule has 0 heterocycles. The molecule has 76 heavy (non-hydrogen) atoms. The number of rotatable bonds is 53. The van der Waals surface area contributed by atoms with Crippen LogP contribution < -0.4 is 0 Å². The number of carbonyl (C=O) groups is 3. The highest BCUT2D eigenvalue weighted by molar-refractivity contribution is 5.71. The van der Waals surface area contributed by atoms with Crippen LogP contribution in [0.2, 0.25) is 0 Å². The molecule has 0 rings (SSSR count). The Kier molecular flexibility index (Phi) is 58.5. The molecule has 0 amide bonds. The van der Waals surface area contributed by atoms with Crippen molar-refractivity contribution in [1.29, 1.82) is 0 Å². The van der Waals surface area contributed by atoms with E-state index in [1.165, 1.54) is 83.5 Å². The minimum Gasteiger partial charge on any atom is -0.462 e. The number of esters is 3. The monoisotopic (exact) mass is 1050 g/mol. The lowest BCUT2D eigenvalue weighted by Crippen LogP contribution is -2.30. The van der Waals surface area contributed by atoms with E-state index in [0.717, 1.165) is 109 Å². The normalized spacial score (nSPS) is 13.2. The van der Waals surface area contributed by atoms with Crippen molar-refractivity contribution >= 4 is 17.9 Å². The summed E-state index contributed by atoms with van der Waals surface area (Å²) in [5, 5.41) is 0. The van der Waals surface area contributed by atoms with Crippen molar-refractivity contribution in [2.24, 2.45) is 0 Å². The average Bonchev–Trinajstić information content (AvgIpc) is 3.42. The number of ether oxygens (including phenoxy) is 3. The molecule has 0 aliphatic rings. The van der Waals surface area contributed by atoms with Gasteiger partial charge in [-0.05, 0) is 135 Å². The molecule has 6 heteroatoms. The molecular formula is C70H110O6. The molecule has 0 bridgehead atoms. The van der Waals surface area contributed by atoms with Gasteiger partial charge < -0.3 is 14.2 Å². The molecule has 0 fully saturated rings. The third kappa shape index (κ3) is 59.9. The van der Waals surface area contributed by atoms with Gasteiger partial charge in [-0.1, -0.05) is 249 Å². The van der Waals surface area contributed by atoms with E-state index >= 15 is 0 Å². The van der Waals surface area contributed by atoms with E-state index in [1.54, 1.807) is 0 Å². The topological polar surface area (TPSA) is 78.9 Å². The summed E-state index contributed by atoms with van der Waals surface area (Å²) < 4.78 is 16.8. The minimum atomic E-state index is -0.847. The molecule has 0 saturated carbocycles. The van der Waals surface area contributed by atoms with Gasteiger partial charge in [-0.2, -0.15) is 0 Å². The predicted octanol–water partition coefficient (Wildman–Crippen LogP) is 20.9. The molecule has 1 unspecified atom stereocenters. The Balaban J connectivity index is 4.61. The average molecular weight is 1050 g/mol. The van der Waals surface area contributed by atoms with Crippen LogP contribution in [0.15, 0.2) is 158 Å². The van der Waals surface area contributed by atoms with E-state index in [2.05, 4.69) is 167 Å². The van der Waals surface area contributed by atoms with Crippen LogP contribution in [0.5, 0.6) is 0 Å². The molecule has 0 saturated heterocycles. The number of allylic oxidation sites excluding steroid dienone is 26. The van der Waals surface area contributed by atoms with E-state index in [9.17, 15) is 14.4 Å². The van der Waals surface area contributed by atoms with Crippen LogP contribution >= 0.6 is 0 Å². The van der Waals surface area contributed by atoms with Gasteiger partial charge in [0.15, 0.2) is 6.10 Å². The maximum atomic E-state index is 12.9. The van der Waals surface area contributed by atoms with E-state index in [4.69, 9.17) is 14.2 Å². The highest BCUT2D eigenvalue weighted by Crippen LogP contribution is 2.13. The Hall–Kier alpha value is -4.97. The van der Waals surface area contributed by atoms with E-state index in [1.807, 2.05) is 12.2 Å². The summed E-state index contributed by atoms with van der Waals surface area (Å²) in [4.78, 5) is 38.2. The molecular weight excluding hydrogens is 937 g/mol. The second-order valence-corrected chi connectivity index (χ2v) is 19.5. The lowest BCUT2D eigenvalue weighted by atomic mass is 10.1. The highest BCUT2D eigenvalue weighted by atomic mass is 16.6. The first kappa shape index (κ1) is 71.0. The first-order chi connectivity index (χ1) is 37.5. The highest BCUT2D eigenvalue weighted by Gasteiger charge is 2.19. The molecule has 0 spiro atoms. The number of hydrogen-bond acceptors (Lipinski definition) is 6. The van der Waals surface area contributed by atoms with Gasteiger partial charge in [-0.25, -0.2) is 0 Å². The standard InChI is InChI=1S/C70H110O6/c1-4-7-10-13-16-19-22-25-28-31-34-35-37-39-42-45-48-51-54-57-60-63-69(72)75-66-67(65-74-68(71)62-59-56-53-50-47-44-41-38-33-30-27-24-21-18-15-12-9-6-3)76-70(73)64-61-58-55-52-49-46-43-40-36-32-29-26-23-20-17-14-11-8-5-2/h7-8,10-11,16-17,19-20,25-26,28-30,33-36,39-40,42,46,48-49,51,55,58,67H,4-6,9,12-15,18,21-24,27,31-32,37-38,41,43-45,47,50,52-54,56-57,59-66H2,1-3H3/b10-7-,11-8-,19-16-,20-17-,28-25-,29-26-,33-30-,35-34-,40-36-,42-39-,49-46-,51-48-,58-55-. The zero-order chi connectivity index (χ0) is 55.0. The fourth-order valence-electron chi connectivity index (χ4n) is 7.76. The van der Waals surface area contributed by atoms with Gasteiger partial charge in [-0.3, -0.25) is 14.4 Å². The van der Waals surface area contributed by atoms with Crippen molar-refractivity contribution in [2.45, 2.75) is 252 Å². The van der Waals surface area contributed by atoms with Gasteiger partial charge in [0.1, 0.15) is 13.2 Å². The predicted molar refractivity (Wildman–Crippen MR) is 329 cm³/mol. The molecule has 0 aliphatic heterocycles. The Labute approximate surface area is 467 Å². The summed E-state index contributed by atoms with van der Waals surface area (Å²) in [7, 11) is 0. The molecule has 0 aromatic carbocycles. The van der Waals surface area contributed by atoms with E-state index < -0.39 is 12.1 Å². The third-order valence-electron chi connectivity index (χ3n) is 12.3. The van der Waals surface area contributed by atoms with Gasteiger partial charge in [-0.15, -0.1) is 0 Å². The van der Waals surface area contributed by atoms with E-state index in [-0.39, 0.29) is 38.0 Å². The van der Waals surface area contributed by atoms with Crippen molar-refractivity contribution in [3.63, 3.8) is 0 Å². The molecule has 426 valence electrons. The maximum absolute atomic E-state index is 12.9. The third-order valence-corrected chi connectivity index (χ3v) is 12.3. The Morgan fingerprint density at radius 3 is 0.895 bits per heavy atom. The summed E-state index contributed by atoms with van der Waals surface area (Å²) in [6.07, 6.45) is 91.1. The Morgan fingerprint density at radius 2 is 0.539 bits per heavy atom. The largest absolute Gasteiger partial charge is 0.462 e. The van der Waals surface area contributed by atoms with Crippen LogP contribution in [-0.4, -0.2) is 37.2 Å². The molecule has 0 aromatic rings. The molecule has 0 radical (unpaired) electrons. The summed E-state index contributed by atoms with van der Waals surface area (Å²) in [6, 6.07) is 0. The van der Waals surface area contributed by atoms with Crippen LogP contribution in [0.25, 0.3) is 0 Å². The number of unbranched alkanes of at least 4 members (excludes halogenated alkanes) is 16. The Bertz CT molecular complexity index is 1720. The first-order valence-corrected chi connectivity index (χ1v) is 30.5. The SMILES string of the molecule is CC/C=C\C/C=C\C/C=C\C/C=C\C/C=C\C/C=C\CCCCC(=O)OCC(COC(=O)CCCCCCCCC/C=C\CCCCCCCCC)OC(=O)CC/C=C\C/C=C\C/C=C\C/C=C\C/C=C\C/C=C\CC. The second kappa shape index (κ2) is 62.6. The van der Waals surface area contributed by atoms with Gasteiger partial charge in [0, 0.05) is 19.3 Å². The summed E-state index contributed by atoms with van der Waals surface area (Å²) >= 11 is 0. The fourth-order valence-corrected chi connectivity index (χ4v) is 7.76. The minimum absolute atomic E-state index is 0.131. The molecule has 6 nitrogen and oxygen atoms in total. The van der Waals surface area contributed by atoms with Crippen molar-refractivity contribution in [2.75, 3.05) is 13.2 Å². The van der Waals surface area contributed by atoms with E-state index in [0.29, 0.717) is 19.3 Å². The van der Waals surface area contributed by atoms with Crippen LogP contribution in [0, 0.1) is 0 Å². The van der Waals surface area contributed by atoms with Gasteiger partial charge in [0.25, 0.3) is 0 Å². The molecule has 1 atom stereocenters. The van der Waals surface area contributed by atoms with Gasteiger partial charge >= 0.3 is 17.9 Å². The summed E-state index contributed by atoms with van der Waals surface area (Å²) in [5.41, 5.74) is 0. The van der Waals surface area contributed by atoms with Crippen LogP contribution in [0.4, 0.5) is 0 Å². The van der Waals surface area contributed by atoms with Crippen molar-refractivity contribution < 1.29 is 28.6 Å². The second-order valence-electron chi connectivity index (χ2n) is 19.5. The van der Waals surface area contributed by atoms with Crippen molar-refractivity contribution in [3.05, 3.63) is 158 Å². The summed E-state index contributed by atoms with van der Waals surface area (Å²) in [6.45, 7) is 6.30. The lowest BCUT2D eigenvalue weighted by Gasteiger charge is -2.18. The zero-order valence-electron chi connectivity index (χ0n) is 48.7. The Morgan fingerprint density at radius 1 is 0.276 bits per heavy atom. The zero-order valence-corrected chi connectivity index (χ0v) is 48.7. The smallest absolute Gasteiger partial charge is 0.306 e. The van der Waals surface area contributed by atoms with Crippen LogP contribution in [-0.2, 0) is 28.6 Å². The van der Waals surface area contributed by atoms with Gasteiger partial charge in [0.2, 0.25) is 0 Å². The summed E-state index contributed by atoms with van der Waals surface area (Å²) in [5.74, 6) is -1.07. The molecule has 0 aliphatic carbocycles. The van der Waals surface area contributed by atoms with Crippen LogP contribution in [0.1, 0.15) is 245 Å². The first-order valence-electron chi connectivity index (χ1n) is 30.5. The van der Waals surface area contributed by atoms with Crippen LogP contribution in [0.3, 0.4) is 0 Å². The van der Waals surface area contributed by atoms with Gasteiger partial charge in [0.05, 0.1) is 0 Å². The lowest BCUT2D eigenvalue weighted by molar-refractivity contribution is -0.166. The van der Waals surface area contributed by atoms with Crippen molar-refractivity contribution in [3.8, 4) is 0 Å². The molecule has 0 aromatic heterocycles. The van der Waals surface area contributed by atoms with Crippen molar-refractivity contribution in [1.82, 2.24) is 0 Å². The maximum Gasteiger partial charge on any atom is 0.306 e. The fraction of sp³-hybridized carbons (Fsp3) is 0.586.